The van der Waals surface area contributed by atoms with Crippen LogP contribution in [0, 0.1) is 0 Å². The van der Waals surface area contributed by atoms with Crippen molar-refractivity contribution in [1.82, 2.24) is 0 Å². The lowest BCUT2D eigenvalue weighted by molar-refractivity contribution is -0.316. The summed E-state index contributed by atoms with van der Waals surface area (Å²) in [6.07, 6.45) is 0.447. The number of ether oxygens (including phenoxy) is 3. The van der Waals surface area contributed by atoms with E-state index in [-0.39, 0.29) is 18.9 Å². The Hall–Kier alpha value is -0.200. The molecule has 0 bridgehead atoms. The van der Waals surface area contributed by atoms with Crippen molar-refractivity contribution in [2.24, 2.45) is 0 Å². The molecule has 0 aromatic rings. The van der Waals surface area contributed by atoms with Gasteiger partial charge in [-0.05, 0) is 0 Å². The maximum Gasteiger partial charge on any atom is 0.175 e. The van der Waals surface area contributed by atoms with E-state index in [1.165, 1.54) is 21.3 Å². The highest BCUT2D eigenvalue weighted by Gasteiger charge is 2.48. The molecule has 0 spiro atoms. The van der Waals surface area contributed by atoms with Crippen molar-refractivity contribution in [3.63, 3.8) is 0 Å². The van der Waals surface area contributed by atoms with Gasteiger partial charge in [0.1, 0.15) is 0 Å². The smallest absolute Gasteiger partial charge is 0.175 e. The largest absolute Gasteiger partial charge is 0.381 e. The van der Waals surface area contributed by atoms with E-state index in [4.69, 9.17) is 14.2 Å². The Morgan fingerprint density at radius 2 is 1.64 bits per heavy atom. The van der Waals surface area contributed by atoms with Gasteiger partial charge in [0.05, 0.1) is 12.5 Å². The first-order valence-electron chi connectivity index (χ1n) is 4.55. The molecule has 1 saturated carbocycles. The fourth-order valence-corrected chi connectivity index (χ4v) is 1.92. The van der Waals surface area contributed by atoms with Gasteiger partial charge in [0.25, 0.3) is 0 Å². The van der Waals surface area contributed by atoms with Crippen LogP contribution in [-0.2, 0) is 14.2 Å². The maximum absolute atomic E-state index is 9.59. The van der Waals surface area contributed by atoms with Crippen molar-refractivity contribution in [1.29, 1.82) is 0 Å². The second-order valence-corrected chi connectivity index (χ2v) is 3.74. The fourth-order valence-electron chi connectivity index (χ4n) is 1.92. The Balaban J connectivity index is 2.78. The Bertz CT molecular complexity index is 188. The average molecular weight is 206 g/mol. The number of rotatable bonds is 3. The van der Waals surface area contributed by atoms with E-state index in [0.29, 0.717) is 6.42 Å². The summed E-state index contributed by atoms with van der Waals surface area (Å²) in [6, 6.07) is 0. The normalized spacial score (nSPS) is 30.2. The minimum atomic E-state index is -1.79. The summed E-state index contributed by atoms with van der Waals surface area (Å²) in [6.45, 7) is 0. The molecule has 1 aliphatic rings. The minimum absolute atomic E-state index is 0.0346. The first-order valence-corrected chi connectivity index (χ1v) is 4.55. The number of methoxy groups -OCH3 is 3. The molecule has 0 aromatic carbocycles. The molecule has 14 heavy (non-hydrogen) atoms. The third-order valence-electron chi connectivity index (χ3n) is 2.72. The molecule has 1 fully saturated rings. The second-order valence-electron chi connectivity index (χ2n) is 3.74. The fraction of sp³-hybridized carbons (Fsp3) is 1.00. The van der Waals surface area contributed by atoms with E-state index in [9.17, 15) is 10.2 Å². The van der Waals surface area contributed by atoms with Crippen LogP contribution in [0.5, 0.6) is 0 Å². The van der Waals surface area contributed by atoms with Crippen molar-refractivity contribution in [2.75, 3.05) is 21.3 Å². The van der Waals surface area contributed by atoms with Crippen LogP contribution in [0.3, 0.4) is 0 Å². The van der Waals surface area contributed by atoms with Gasteiger partial charge in [-0.2, -0.15) is 0 Å². The monoisotopic (exact) mass is 206 g/mol. The summed E-state index contributed by atoms with van der Waals surface area (Å²) >= 11 is 0. The minimum Gasteiger partial charge on any atom is -0.381 e. The first kappa shape index (κ1) is 11.9. The lowest BCUT2D eigenvalue weighted by atomic mass is 9.86. The average Bonchev–Trinajstić information content (AvgIpc) is 2.15. The molecule has 84 valence electrons. The van der Waals surface area contributed by atoms with Gasteiger partial charge in [-0.25, -0.2) is 0 Å². The number of aliphatic hydroxyl groups is 2. The Morgan fingerprint density at radius 3 is 2.07 bits per heavy atom. The molecular formula is C9H18O5. The van der Waals surface area contributed by atoms with Crippen molar-refractivity contribution in [2.45, 2.75) is 36.9 Å². The van der Waals surface area contributed by atoms with E-state index >= 15 is 0 Å². The Labute approximate surface area is 83.6 Å². The lowest BCUT2D eigenvalue weighted by Crippen LogP contribution is -2.53. The van der Waals surface area contributed by atoms with Gasteiger partial charge >= 0.3 is 0 Å². The summed E-state index contributed by atoms with van der Waals surface area (Å²) in [7, 11) is 4.50. The lowest BCUT2D eigenvalue weighted by Gasteiger charge is -2.43. The zero-order chi connectivity index (χ0) is 10.8. The molecule has 2 N–H and O–H groups in total. The van der Waals surface area contributed by atoms with Gasteiger partial charge in [-0.3, -0.25) is 0 Å². The van der Waals surface area contributed by atoms with E-state index in [0.717, 1.165) is 0 Å². The van der Waals surface area contributed by atoms with E-state index in [2.05, 4.69) is 0 Å². The molecule has 0 heterocycles. The van der Waals surface area contributed by atoms with E-state index in [1.807, 2.05) is 0 Å². The van der Waals surface area contributed by atoms with Crippen molar-refractivity contribution in [3.05, 3.63) is 0 Å². The van der Waals surface area contributed by atoms with Crippen LogP contribution >= 0.6 is 0 Å². The quantitative estimate of drug-likeness (QED) is 0.629. The zero-order valence-electron chi connectivity index (χ0n) is 8.82. The summed E-state index contributed by atoms with van der Waals surface area (Å²) in [5.41, 5.74) is 0. The molecule has 0 amide bonds. The highest BCUT2D eigenvalue weighted by molar-refractivity contribution is 4.89. The summed E-state index contributed by atoms with van der Waals surface area (Å²) in [4.78, 5) is 0. The maximum atomic E-state index is 9.59. The van der Waals surface area contributed by atoms with Crippen LogP contribution in [0.4, 0.5) is 0 Å². The molecule has 1 rings (SSSR count). The molecule has 1 unspecified atom stereocenters. The molecule has 5 nitrogen and oxygen atoms in total. The molecule has 1 atom stereocenters. The SMILES string of the molecule is COC1CC(O)(O)CC(OC)(OC)C1. The molecule has 0 saturated heterocycles. The van der Waals surface area contributed by atoms with Gasteiger partial charge in [-0.15, -0.1) is 0 Å². The van der Waals surface area contributed by atoms with Crippen LogP contribution in [0.2, 0.25) is 0 Å². The predicted molar refractivity (Wildman–Crippen MR) is 48.6 cm³/mol. The topological polar surface area (TPSA) is 68.2 Å². The number of hydrogen-bond acceptors (Lipinski definition) is 5. The highest BCUT2D eigenvalue weighted by Crippen LogP contribution is 2.37. The summed E-state index contributed by atoms with van der Waals surface area (Å²) < 4.78 is 15.5. The molecule has 0 radical (unpaired) electrons. The van der Waals surface area contributed by atoms with E-state index in [1.54, 1.807) is 0 Å². The van der Waals surface area contributed by atoms with Crippen molar-refractivity contribution in [3.8, 4) is 0 Å². The van der Waals surface area contributed by atoms with Gasteiger partial charge in [0, 0.05) is 34.2 Å². The molecule has 5 heteroatoms. The Kier molecular flexibility index (Phi) is 3.49. The molecule has 0 aliphatic heterocycles. The van der Waals surface area contributed by atoms with Crippen LogP contribution in [0.15, 0.2) is 0 Å². The van der Waals surface area contributed by atoms with Crippen LogP contribution in [0.1, 0.15) is 19.3 Å². The first-order chi connectivity index (χ1) is 6.47. The van der Waals surface area contributed by atoms with Crippen molar-refractivity contribution >= 4 is 0 Å². The van der Waals surface area contributed by atoms with Crippen LogP contribution in [-0.4, -0.2) is 49.2 Å². The third kappa shape index (κ3) is 2.43. The predicted octanol–water partition coefficient (Wildman–Crippen LogP) is -0.145. The van der Waals surface area contributed by atoms with E-state index < -0.39 is 11.6 Å². The molecular weight excluding hydrogens is 188 g/mol. The highest BCUT2D eigenvalue weighted by atomic mass is 16.7. The third-order valence-corrected chi connectivity index (χ3v) is 2.72. The zero-order valence-corrected chi connectivity index (χ0v) is 8.82. The van der Waals surface area contributed by atoms with Gasteiger partial charge in [0.15, 0.2) is 11.6 Å². The van der Waals surface area contributed by atoms with Crippen LogP contribution in [0.25, 0.3) is 0 Å². The van der Waals surface area contributed by atoms with Gasteiger partial charge in [-0.1, -0.05) is 0 Å². The van der Waals surface area contributed by atoms with Gasteiger partial charge in [0.2, 0.25) is 0 Å². The number of hydrogen-bond donors (Lipinski definition) is 2. The van der Waals surface area contributed by atoms with Crippen LogP contribution < -0.4 is 0 Å². The standard InChI is InChI=1S/C9H18O5/c1-12-7-4-8(10,11)6-9(5-7,13-2)14-3/h7,10-11H,4-6H2,1-3H3. The molecule has 0 aromatic heterocycles. The molecule has 1 aliphatic carbocycles. The second kappa shape index (κ2) is 4.12. The Morgan fingerprint density at radius 1 is 1.07 bits per heavy atom. The summed E-state index contributed by atoms with van der Waals surface area (Å²) in [5, 5.41) is 19.2. The van der Waals surface area contributed by atoms with Gasteiger partial charge < -0.3 is 24.4 Å². The van der Waals surface area contributed by atoms with Crippen molar-refractivity contribution < 1.29 is 24.4 Å². The summed E-state index contributed by atoms with van der Waals surface area (Å²) in [5.74, 6) is -2.74.